The first-order chi connectivity index (χ1) is 13.2. The molecule has 3 rings (SSSR count). The maximum atomic E-state index is 12.6. The van der Waals surface area contributed by atoms with Gasteiger partial charge in [-0.3, -0.25) is 9.59 Å². The zero-order chi connectivity index (χ0) is 20.5. The number of nitrogens with zero attached hydrogens (tertiary/aromatic N) is 1. The fourth-order valence-corrected chi connectivity index (χ4v) is 3.50. The molecule has 1 N–H and O–H groups in total. The van der Waals surface area contributed by atoms with Crippen molar-refractivity contribution in [2.45, 2.75) is 20.8 Å². The van der Waals surface area contributed by atoms with Gasteiger partial charge in [0.15, 0.2) is 5.75 Å². The van der Waals surface area contributed by atoms with E-state index in [0.29, 0.717) is 30.9 Å². The third-order valence-corrected chi connectivity index (χ3v) is 5.02. The third-order valence-electron chi connectivity index (χ3n) is 3.91. The molecule has 0 spiro atoms. The number of para-hydroxylation sites is 1. The Morgan fingerprint density at radius 2 is 1.79 bits per heavy atom. The van der Waals surface area contributed by atoms with Crippen LogP contribution in [0.4, 0.5) is 5.69 Å². The third kappa shape index (κ3) is 4.44. The van der Waals surface area contributed by atoms with Gasteiger partial charge in [-0.25, -0.2) is 4.98 Å². The van der Waals surface area contributed by atoms with Gasteiger partial charge in [0.1, 0.15) is 11.2 Å². The first kappa shape index (κ1) is 20.5. The van der Waals surface area contributed by atoms with Crippen LogP contribution in [-0.2, 0) is 4.79 Å². The molecule has 1 heterocycles. The lowest BCUT2D eigenvalue weighted by atomic mass is 9.97. The van der Waals surface area contributed by atoms with Crippen molar-refractivity contribution in [1.29, 1.82) is 0 Å². The molecular weight excluding hydrogens is 491 g/mol. The first-order valence-electron chi connectivity index (χ1n) is 8.54. The van der Waals surface area contributed by atoms with Crippen LogP contribution in [0, 0.1) is 8.99 Å². The molecule has 0 unspecified atom stereocenters. The molecule has 0 aliphatic carbocycles. The second-order valence-corrected chi connectivity index (χ2v) is 8.79. The fraction of sp³-hybridized carbons (Fsp3) is 0.190. The van der Waals surface area contributed by atoms with E-state index < -0.39 is 11.4 Å². The highest BCUT2D eigenvalue weighted by molar-refractivity contribution is 14.1. The average molecular weight is 509 g/mol. The molecule has 2 aromatic carbocycles. The maximum Gasteiger partial charge on any atom is 0.316 e. The van der Waals surface area contributed by atoms with Gasteiger partial charge < -0.3 is 10.1 Å². The summed E-state index contributed by atoms with van der Waals surface area (Å²) in [6.07, 6.45) is 0. The lowest BCUT2D eigenvalue weighted by molar-refractivity contribution is -0.142. The number of amides is 1. The average Bonchev–Trinajstić information content (AvgIpc) is 2.64. The molecule has 7 heteroatoms. The van der Waals surface area contributed by atoms with Crippen molar-refractivity contribution in [3.63, 3.8) is 0 Å². The molecule has 5 nitrogen and oxygen atoms in total. The number of carbonyl (C=O) groups is 2. The molecule has 144 valence electrons. The SMILES string of the molecule is CC(C)(C)C(=O)Oc1c(I)cc(Cl)c2ccc(C(=O)Nc3ccccc3)nc12. The van der Waals surface area contributed by atoms with Crippen LogP contribution < -0.4 is 10.1 Å². The van der Waals surface area contributed by atoms with Crippen molar-refractivity contribution in [1.82, 2.24) is 4.98 Å². The summed E-state index contributed by atoms with van der Waals surface area (Å²) >= 11 is 8.38. The van der Waals surface area contributed by atoms with E-state index >= 15 is 0 Å². The Hall–Kier alpha value is -2.19. The Morgan fingerprint density at radius 3 is 2.43 bits per heavy atom. The van der Waals surface area contributed by atoms with Gasteiger partial charge in [0.2, 0.25) is 0 Å². The van der Waals surface area contributed by atoms with Crippen LogP contribution in [0.2, 0.25) is 5.02 Å². The fourth-order valence-electron chi connectivity index (χ4n) is 2.38. The highest BCUT2D eigenvalue weighted by atomic mass is 127. The number of rotatable bonds is 3. The van der Waals surface area contributed by atoms with Crippen molar-refractivity contribution in [2.24, 2.45) is 5.41 Å². The van der Waals surface area contributed by atoms with Crippen molar-refractivity contribution in [3.8, 4) is 5.75 Å². The lowest BCUT2D eigenvalue weighted by Gasteiger charge is -2.18. The molecular formula is C21H18ClIN2O3. The zero-order valence-electron chi connectivity index (χ0n) is 15.5. The zero-order valence-corrected chi connectivity index (χ0v) is 18.5. The van der Waals surface area contributed by atoms with Crippen LogP contribution in [0.3, 0.4) is 0 Å². The summed E-state index contributed by atoms with van der Waals surface area (Å²) in [6.45, 7) is 5.31. The summed E-state index contributed by atoms with van der Waals surface area (Å²) in [5.74, 6) is -0.458. The molecule has 0 atom stereocenters. The Morgan fingerprint density at radius 1 is 1.11 bits per heavy atom. The van der Waals surface area contributed by atoms with E-state index in [9.17, 15) is 9.59 Å². The summed E-state index contributed by atoms with van der Waals surface area (Å²) in [5.41, 5.74) is 0.546. The van der Waals surface area contributed by atoms with E-state index in [1.807, 2.05) is 40.8 Å². The normalized spacial score (nSPS) is 11.3. The number of ether oxygens (including phenoxy) is 1. The lowest BCUT2D eigenvalue weighted by Crippen LogP contribution is -2.26. The van der Waals surface area contributed by atoms with Gasteiger partial charge in [0.25, 0.3) is 5.91 Å². The predicted molar refractivity (Wildman–Crippen MR) is 119 cm³/mol. The number of halogens is 2. The number of hydrogen-bond acceptors (Lipinski definition) is 4. The number of hydrogen-bond donors (Lipinski definition) is 1. The van der Waals surface area contributed by atoms with E-state index in [-0.39, 0.29) is 11.6 Å². The van der Waals surface area contributed by atoms with E-state index in [4.69, 9.17) is 16.3 Å². The van der Waals surface area contributed by atoms with Crippen LogP contribution in [-0.4, -0.2) is 16.9 Å². The van der Waals surface area contributed by atoms with Crippen LogP contribution >= 0.6 is 34.2 Å². The Bertz CT molecular complexity index is 1060. The molecule has 0 aliphatic heterocycles. The maximum absolute atomic E-state index is 12.6. The standard InChI is InChI=1S/C21H18ClIN2O3/c1-21(2,3)20(27)28-18-15(23)11-14(22)13-9-10-16(25-17(13)18)19(26)24-12-7-5-4-6-8-12/h4-11H,1-3H3,(H,24,26). The minimum atomic E-state index is -0.683. The van der Waals surface area contributed by atoms with E-state index in [1.165, 1.54) is 0 Å². The molecule has 0 saturated carbocycles. The second kappa shape index (κ2) is 8.05. The second-order valence-electron chi connectivity index (χ2n) is 7.22. The quantitative estimate of drug-likeness (QED) is 0.280. The van der Waals surface area contributed by atoms with E-state index in [0.717, 1.165) is 0 Å². The Balaban J connectivity index is 2.05. The van der Waals surface area contributed by atoms with Gasteiger partial charge >= 0.3 is 5.97 Å². The van der Waals surface area contributed by atoms with Gasteiger partial charge in [-0.2, -0.15) is 0 Å². The summed E-state index contributed by atoms with van der Waals surface area (Å²) in [7, 11) is 0. The van der Waals surface area contributed by atoms with E-state index in [1.54, 1.807) is 51.1 Å². The molecule has 0 bridgehead atoms. The number of benzene rings is 2. The van der Waals surface area contributed by atoms with Crippen LogP contribution in [0.25, 0.3) is 10.9 Å². The highest BCUT2D eigenvalue weighted by Gasteiger charge is 2.26. The topological polar surface area (TPSA) is 68.3 Å². The van der Waals surface area contributed by atoms with E-state index in [2.05, 4.69) is 10.3 Å². The minimum absolute atomic E-state index is 0.197. The molecule has 1 amide bonds. The van der Waals surface area contributed by atoms with Gasteiger partial charge in [-0.1, -0.05) is 29.8 Å². The highest BCUT2D eigenvalue weighted by Crippen LogP contribution is 2.36. The monoisotopic (exact) mass is 508 g/mol. The van der Waals surface area contributed by atoms with Crippen LogP contribution in [0.5, 0.6) is 5.75 Å². The smallest absolute Gasteiger partial charge is 0.316 e. The molecule has 3 aromatic rings. The van der Waals surface area contributed by atoms with Gasteiger partial charge in [-0.15, -0.1) is 0 Å². The molecule has 0 aliphatic rings. The summed E-state index contributed by atoms with van der Waals surface area (Å²) in [6, 6.07) is 14.1. The number of esters is 1. The molecule has 0 fully saturated rings. The Kier molecular flexibility index (Phi) is 5.90. The summed E-state index contributed by atoms with van der Waals surface area (Å²) < 4.78 is 6.27. The summed E-state index contributed by atoms with van der Waals surface area (Å²) in [5, 5.41) is 3.87. The number of carbonyl (C=O) groups excluding carboxylic acids is 2. The van der Waals surface area contributed by atoms with Crippen molar-refractivity contribution < 1.29 is 14.3 Å². The number of anilines is 1. The van der Waals surface area contributed by atoms with Gasteiger partial charge in [-0.05, 0) is 73.7 Å². The molecule has 28 heavy (non-hydrogen) atoms. The number of aromatic nitrogens is 1. The number of fused-ring (bicyclic) bond motifs is 1. The van der Waals surface area contributed by atoms with Gasteiger partial charge in [0, 0.05) is 11.1 Å². The molecule has 0 saturated heterocycles. The molecule has 0 radical (unpaired) electrons. The Labute approximate surface area is 181 Å². The van der Waals surface area contributed by atoms with Gasteiger partial charge in [0.05, 0.1) is 14.0 Å². The van der Waals surface area contributed by atoms with Crippen molar-refractivity contribution >= 4 is 62.7 Å². The minimum Gasteiger partial charge on any atom is -0.423 e. The number of nitrogens with one attached hydrogen (secondary N) is 1. The van der Waals surface area contributed by atoms with Crippen molar-refractivity contribution in [3.05, 3.63) is 62.8 Å². The predicted octanol–water partition coefficient (Wildman–Crippen LogP) is 5.70. The van der Waals surface area contributed by atoms with Crippen LogP contribution in [0.1, 0.15) is 31.3 Å². The van der Waals surface area contributed by atoms with Crippen LogP contribution in [0.15, 0.2) is 48.5 Å². The largest absolute Gasteiger partial charge is 0.423 e. The number of pyridine rings is 1. The first-order valence-corrected chi connectivity index (χ1v) is 10.00. The van der Waals surface area contributed by atoms with Crippen molar-refractivity contribution in [2.75, 3.05) is 5.32 Å². The molecule has 1 aromatic heterocycles. The summed E-state index contributed by atoms with van der Waals surface area (Å²) in [4.78, 5) is 29.5.